The molecule has 0 aromatic heterocycles. The van der Waals surface area contributed by atoms with E-state index in [0.29, 0.717) is 31.7 Å². The summed E-state index contributed by atoms with van der Waals surface area (Å²) in [5.41, 5.74) is 0.765. The van der Waals surface area contributed by atoms with E-state index < -0.39 is 18.2 Å². The maximum absolute atomic E-state index is 13.4. The molecule has 2 heterocycles. The average Bonchev–Trinajstić information content (AvgIpc) is 3.53. The second-order valence-corrected chi connectivity index (χ2v) is 8.71. The highest BCUT2D eigenvalue weighted by Crippen LogP contribution is 2.27. The lowest BCUT2D eigenvalue weighted by atomic mass is 10.1. The number of hydrogen-bond donors (Lipinski definition) is 2. The molecule has 0 saturated carbocycles. The van der Waals surface area contributed by atoms with Gasteiger partial charge in [0.2, 0.25) is 5.91 Å². The van der Waals surface area contributed by atoms with Crippen LogP contribution in [0.3, 0.4) is 0 Å². The molecule has 0 radical (unpaired) electrons. The van der Waals surface area contributed by atoms with Gasteiger partial charge in [0.25, 0.3) is 0 Å². The highest BCUT2D eigenvalue weighted by atomic mass is 19.1. The van der Waals surface area contributed by atoms with Crippen molar-refractivity contribution in [3.63, 3.8) is 0 Å². The molecule has 3 atom stereocenters. The molecule has 2 fully saturated rings. The summed E-state index contributed by atoms with van der Waals surface area (Å²) in [5.74, 6) is -0.442. The normalized spacial score (nSPS) is 20.9. The Labute approximate surface area is 197 Å². The molecule has 7 nitrogen and oxygen atoms in total. The molecular formula is C25H29F2N3O4. The smallest absolute Gasteiger partial charge is 0.318 e. The number of hydrogen-bond acceptors (Lipinski definition) is 4. The van der Waals surface area contributed by atoms with Gasteiger partial charge >= 0.3 is 6.03 Å². The van der Waals surface area contributed by atoms with Crippen LogP contribution in [-0.2, 0) is 11.3 Å². The van der Waals surface area contributed by atoms with Crippen LogP contribution < -0.4 is 10.1 Å². The SMILES string of the molecule is O=C(NCc1ccc(F)cc1)N1CCC[C@H]1C(=O)N1CCC[C@H]1C(O)COc1ccc(F)cc1. The van der Waals surface area contributed by atoms with Crippen LogP contribution in [0, 0.1) is 11.6 Å². The molecular weight excluding hydrogens is 444 g/mol. The predicted molar refractivity (Wildman–Crippen MR) is 121 cm³/mol. The summed E-state index contributed by atoms with van der Waals surface area (Å²) < 4.78 is 31.7. The summed E-state index contributed by atoms with van der Waals surface area (Å²) in [4.78, 5) is 29.4. The van der Waals surface area contributed by atoms with Crippen LogP contribution in [-0.4, -0.2) is 64.7 Å². The van der Waals surface area contributed by atoms with Crippen LogP contribution in [0.4, 0.5) is 13.6 Å². The largest absolute Gasteiger partial charge is 0.491 e. The number of amides is 3. The summed E-state index contributed by atoms with van der Waals surface area (Å²) in [6, 6.07) is 10.1. The zero-order valence-corrected chi connectivity index (χ0v) is 18.8. The van der Waals surface area contributed by atoms with Gasteiger partial charge in [-0.15, -0.1) is 0 Å². The number of rotatable bonds is 7. The molecule has 0 spiro atoms. The quantitative estimate of drug-likeness (QED) is 0.648. The number of benzene rings is 2. The molecule has 4 rings (SSSR count). The van der Waals surface area contributed by atoms with Crippen LogP contribution in [0.15, 0.2) is 48.5 Å². The van der Waals surface area contributed by atoms with E-state index in [4.69, 9.17) is 4.74 Å². The third-order valence-corrected chi connectivity index (χ3v) is 6.42. The van der Waals surface area contributed by atoms with Crippen LogP contribution >= 0.6 is 0 Å². The number of nitrogens with one attached hydrogen (secondary N) is 1. The van der Waals surface area contributed by atoms with E-state index in [2.05, 4.69) is 5.32 Å². The lowest BCUT2D eigenvalue weighted by Gasteiger charge is -2.33. The monoisotopic (exact) mass is 473 g/mol. The third-order valence-electron chi connectivity index (χ3n) is 6.42. The van der Waals surface area contributed by atoms with Crippen molar-refractivity contribution < 1.29 is 28.2 Å². The average molecular weight is 474 g/mol. The van der Waals surface area contributed by atoms with E-state index in [0.717, 1.165) is 18.4 Å². The topological polar surface area (TPSA) is 82.1 Å². The molecule has 0 bridgehead atoms. The Morgan fingerprint density at radius 3 is 2.29 bits per heavy atom. The molecule has 0 aliphatic carbocycles. The summed E-state index contributed by atoms with van der Waals surface area (Å²) >= 11 is 0. The maximum Gasteiger partial charge on any atom is 0.318 e. The second-order valence-electron chi connectivity index (χ2n) is 8.71. The van der Waals surface area contributed by atoms with E-state index in [1.54, 1.807) is 21.9 Å². The van der Waals surface area contributed by atoms with Crippen molar-refractivity contribution >= 4 is 11.9 Å². The Bertz CT molecular complexity index is 987. The molecule has 3 amide bonds. The first-order valence-electron chi connectivity index (χ1n) is 11.6. The highest BCUT2D eigenvalue weighted by Gasteiger charge is 2.42. The van der Waals surface area contributed by atoms with Crippen LogP contribution in [0.25, 0.3) is 0 Å². The molecule has 2 aromatic carbocycles. The van der Waals surface area contributed by atoms with Crippen molar-refractivity contribution in [3.8, 4) is 5.75 Å². The molecule has 34 heavy (non-hydrogen) atoms. The van der Waals surface area contributed by atoms with Crippen LogP contribution in [0.2, 0.25) is 0 Å². The number of nitrogens with zero attached hydrogens (tertiary/aromatic N) is 2. The van der Waals surface area contributed by atoms with E-state index >= 15 is 0 Å². The molecule has 2 aromatic rings. The van der Waals surface area contributed by atoms with Crippen LogP contribution in [0.1, 0.15) is 31.2 Å². The first-order chi connectivity index (χ1) is 16.4. The van der Waals surface area contributed by atoms with Gasteiger partial charge in [0.1, 0.15) is 36.1 Å². The molecule has 1 unspecified atom stereocenters. The Kier molecular flexibility index (Phi) is 7.62. The number of likely N-dealkylation sites (tertiary alicyclic amines) is 2. The van der Waals surface area contributed by atoms with E-state index in [9.17, 15) is 23.5 Å². The number of aliphatic hydroxyl groups is 1. The third kappa shape index (κ3) is 5.64. The summed E-state index contributed by atoms with van der Waals surface area (Å²) in [6.07, 6.45) is 1.78. The molecule has 2 aliphatic heterocycles. The first kappa shape index (κ1) is 23.9. The van der Waals surface area contributed by atoms with E-state index in [-0.39, 0.29) is 36.7 Å². The van der Waals surface area contributed by atoms with Crippen molar-refractivity contribution in [2.24, 2.45) is 0 Å². The zero-order valence-electron chi connectivity index (χ0n) is 18.8. The minimum absolute atomic E-state index is 0.0212. The Morgan fingerprint density at radius 2 is 1.59 bits per heavy atom. The minimum Gasteiger partial charge on any atom is -0.491 e. The van der Waals surface area contributed by atoms with Crippen molar-refractivity contribution in [3.05, 3.63) is 65.7 Å². The number of ether oxygens (including phenoxy) is 1. The van der Waals surface area contributed by atoms with Gasteiger partial charge < -0.3 is 25.0 Å². The predicted octanol–water partition coefficient (Wildman–Crippen LogP) is 3.07. The van der Waals surface area contributed by atoms with Gasteiger partial charge in [-0.05, 0) is 67.6 Å². The molecule has 9 heteroatoms. The fourth-order valence-corrected chi connectivity index (χ4v) is 4.63. The van der Waals surface area contributed by atoms with Gasteiger partial charge in [-0.1, -0.05) is 12.1 Å². The van der Waals surface area contributed by atoms with Gasteiger partial charge in [-0.2, -0.15) is 0 Å². The first-order valence-corrected chi connectivity index (χ1v) is 11.6. The summed E-state index contributed by atoms with van der Waals surface area (Å²) in [5, 5.41) is 13.5. The van der Waals surface area contributed by atoms with Crippen molar-refractivity contribution in [1.29, 1.82) is 0 Å². The lowest BCUT2D eigenvalue weighted by Crippen LogP contribution is -2.54. The van der Waals surface area contributed by atoms with E-state index in [1.807, 2.05) is 0 Å². The highest BCUT2D eigenvalue weighted by molar-refractivity contribution is 5.88. The van der Waals surface area contributed by atoms with Gasteiger partial charge in [-0.25, -0.2) is 13.6 Å². The van der Waals surface area contributed by atoms with Crippen molar-refractivity contribution in [2.75, 3.05) is 19.7 Å². The number of carbonyl (C=O) groups excluding carboxylic acids is 2. The fourth-order valence-electron chi connectivity index (χ4n) is 4.63. The van der Waals surface area contributed by atoms with Gasteiger partial charge in [0.05, 0.1) is 6.04 Å². The van der Waals surface area contributed by atoms with Crippen molar-refractivity contribution in [2.45, 2.75) is 50.4 Å². The Morgan fingerprint density at radius 1 is 0.971 bits per heavy atom. The Hall–Kier alpha value is -3.20. The van der Waals surface area contributed by atoms with Crippen LogP contribution in [0.5, 0.6) is 5.75 Å². The number of urea groups is 1. The Balaban J connectivity index is 1.33. The van der Waals surface area contributed by atoms with Crippen molar-refractivity contribution in [1.82, 2.24) is 15.1 Å². The standard InChI is InChI=1S/C25H29F2N3O4/c26-18-7-5-17(6-8-18)15-28-25(33)30-14-2-4-22(30)24(32)29-13-1-3-21(29)23(31)16-34-20-11-9-19(27)10-12-20/h5-12,21-23,31H,1-4,13-16H2,(H,28,33)/t21-,22-,23?/m0/s1. The number of aliphatic hydroxyl groups excluding tert-OH is 1. The summed E-state index contributed by atoms with van der Waals surface area (Å²) in [7, 11) is 0. The molecule has 2 saturated heterocycles. The zero-order chi connectivity index (χ0) is 24.1. The molecule has 182 valence electrons. The summed E-state index contributed by atoms with van der Waals surface area (Å²) in [6.45, 7) is 1.20. The molecule has 2 N–H and O–H groups in total. The van der Waals surface area contributed by atoms with E-state index in [1.165, 1.54) is 36.4 Å². The number of carbonyl (C=O) groups is 2. The number of halogens is 2. The van der Waals surface area contributed by atoms with Gasteiger partial charge in [0.15, 0.2) is 0 Å². The fraction of sp³-hybridized carbons (Fsp3) is 0.440. The molecule has 2 aliphatic rings. The van der Waals surface area contributed by atoms with Gasteiger partial charge in [-0.3, -0.25) is 4.79 Å². The maximum atomic E-state index is 13.4. The van der Waals surface area contributed by atoms with Gasteiger partial charge in [0, 0.05) is 19.6 Å². The second kappa shape index (κ2) is 10.8. The lowest BCUT2D eigenvalue weighted by molar-refractivity contribution is -0.138. The minimum atomic E-state index is -0.904.